The molecule has 1 aliphatic rings. The van der Waals surface area contributed by atoms with Gasteiger partial charge >= 0.3 is 0 Å². The van der Waals surface area contributed by atoms with E-state index in [-0.39, 0.29) is 11.2 Å². The molecule has 2 nitrogen and oxygen atoms in total. The first kappa shape index (κ1) is 8.92. The number of hydrogen-bond donors (Lipinski definition) is 2. The molecular weight excluding hydrogens is 191 g/mol. The number of aromatic amines is 1. The predicted molar refractivity (Wildman–Crippen MR) is 58.2 cm³/mol. The van der Waals surface area contributed by atoms with Crippen LogP contribution < -0.4 is 5.73 Å². The molecule has 1 heterocycles. The van der Waals surface area contributed by atoms with Crippen LogP contribution in [0.4, 0.5) is 4.39 Å². The summed E-state index contributed by atoms with van der Waals surface area (Å²) in [5, 5.41) is 1.11. The van der Waals surface area contributed by atoms with Crippen LogP contribution in [0, 0.1) is 5.82 Å². The summed E-state index contributed by atoms with van der Waals surface area (Å²) >= 11 is 0. The molecule has 0 saturated heterocycles. The Morgan fingerprint density at radius 2 is 2.20 bits per heavy atom. The Morgan fingerprint density at radius 3 is 2.87 bits per heavy atom. The first-order valence-corrected chi connectivity index (χ1v) is 5.22. The zero-order valence-electron chi connectivity index (χ0n) is 8.39. The lowest BCUT2D eigenvalue weighted by atomic mass is 9.96. The fourth-order valence-corrected chi connectivity index (χ4v) is 2.27. The first-order chi connectivity index (χ1) is 7.25. The summed E-state index contributed by atoms with van der Waals surface area (Å²) in [7, 11) is 0. The molecule has 0 spiro atoms. The second-order valence-corrected chi connectivity index (χ2v) is 4.38. The zero-order chi connectivity index (χ0) is 10.5. The SMILES string of the molecule is NCC1(c2c[nH]c3cc(F)ccc23)CC1. The molecule has 0 bridgehead atoms. The van der Waals surface area contributed by atoms with E-state index in [9.17, 15) is 4.39 Å². The van der Waals surface area contributed by atoms with Crippen molar-refractivity contribution in [3.63, 3.8) is 0 Å². The van der Waals surface area contributed by atoms with Gasteiger partial charge in [0.2, 0.25) is 0 Å². The quantitative estimate of drug-likeness (QED) is 0.774. The van der Waals surface area contributed by atoms with Gasteiger partial charge in [0, 0.05) is 29.1 Å². The van der Waals surface area contributed by atoms with Crippen LogP contribution in [0.5, 0.6) is 0 Å². The van der Waals surface area contributed by atoms with Crippen molar-refractivity contribution >= 4 is 10.9 Å². The Bertz CT molecular complexity index is 511. The van der Waals surface area contributed by atoms with Gasteiger partial charge in [-0.2, -0.15) is 0 Å². The fraction of sp³-hybridized carbons (Fsp3) is 0.333. The molecule has 15 heavy (non-hydrogen) atoms. The van der Waals surface area contributed by atoms with E-state index in [2.05, 4.69) is 4.98 Å². The molecule has 3 heteroatoms. The summed E-state index contributed by atoms with van der Waals surface area (Å²) in [6.07, 6.45) is 4.27. The maximum Gasteiger partial charge on any atom is 0.125 e. The first-order valence-electron chi connectivity index (χ1n) is 5.22. The van der Waals surface area contributed by atoms with Gasteiger partial charge in [-0.15, -0.1) is 0 Å². The van der Waals surface area contributed by atoms with Crippen LogP contribution in [0.3, 0.4) is 0 Å². The number of fused-ring (bicyclic) bond motifs is 1. The lowest BCUT2D eigenvalue weighted by Gasteiger charge is -2.10. The molecule has 2 aromatic rings. The Balaban J connectivity index is 2.21. The van der Waals surface area contributed by atoms with Crippen molar-refractivity contribution in [2.24, 2.45) is 5.73 Å². The van der Waals surface area contributed by atoms with E-state index < -0.39 is 0 Å². The maximum atomic E-state index is 13.0. The minimum atomic E-state index is -0.200. The monoisotopic (exact) mass is 204 g/mol. The average molecular weight is 204 g/mol. The van der Waals surface area contributed by atoms with Crippen molar-refractivity contribution in [1.82, 2.24) is 4.98 Å². The molecule has 1 aliphatic carbocycles. The summed E-state index contributed by atoms with van der Waals surface area (Å²) < 4.78 is 13.0. The average Bonchev–Trinajstić information content (AvgIpc) is 2.93. The van der Waals surface area contributed by atoms with Gasteiger partial charge in [0.1, 0.15) is 5.82 Å². The Morgan fingerprint density at radius 1 is 1.40 bits per heavy atom. The standard InChI is InChI=1S/C12H13FN2/c13-8-1-2-9-10(6-15-11(9)5-8)12(7-14)3-4-12/h1-2,5-6,15H,3-4,7,14H2. The van der Waals surface area contributed by atoms with Crippen LogP contribution in [0.25, 0.3) is 10.9 Å². The van der Waals surface area contributed by atoms with E-state index in [1.54, 1.807) is 0 Å². The number of nitrogens with two attached hydrogens (primary N) is 1. The number of hydrogen-bond acceptors (Lipinski definition) is 1. The molecule has 78 valence electrons. The number of halogens is 1. The van der Waals surface area contributed by atoms with Crippen LogP contribution in [-0.2, 0) is 5.41 Å². The molecule has 3 N–H and O–H groups in total. The van der Waals surface area contributed by atoms with Gasteiger partial charge in [0.15, 0.2) is 0 Å². The van der Waals surface area contributed by atoms with Gasteiger partial charge in [-0.05, 0) is 36.6 Å². The smallest absolute Gasteiger partial charge is 0.125 e. The lowest BCUT2D eigenvalue weighted by Crippen LogP contribution is -2.19. The third-order valence-corrected chi connectivity index (χ3v) is 3.46. The third-order valence-electron chi connectivity index (χ3n) is 3.46. The van der Waals surface area contributed by atoms with Crippen LogP contribution in [-0.4, -0.2) is 11.5 Å². The van der Waals surface area contributed by atoms with E-state index in [1.165, 1.54) is 17.7 Å². The summed E-state index contributed by atoms with van der Waals surface area (Å²) in [4.78, 5) is 3.11. The number of rotatable bonds is 2. The van der Waals surface area contributed by atoms with Crippen molar-refractivity contribution in [2.45, 2.75) is 18.3 Å². The van der Waals surface area contributed by atoms with Gasteiger partial charge in [0.05, 0.1) is 0 Å². The highest BCUT2D eigenvalue weighted by Gasteiger charge is 2.44. The molecule has 1 saturated carbocycles. The second kappa shape index (κ2) is 2.83. The van der Waals surface area contributed by atoms with Crippen molar-refractivity contribution in [2.75, 3.05) is 6.54 Å². The topological polar surface area (TPSA) is 41.8 Å². The lowest BCUT2D eigenvalue weighted by molar-refractivity contribution is 0.629. The summed E-state index contributed by atoms with van der Waals surface area (Å²) in [6, 6.07) is 4.88. The molecular formula is C12H13FN2. The highest BCUT2D eigenvalue weighted by molar-refractivity contribution is 5.84. The third kappa shape index (κ3) is 1.20. The van der Waals surface area contributed by atoms with E-state index >= 15 is 0 Å². The van der Waals surface area contributed by atoms with Crippen molar-refractivity contribution in [1.29, 1.82) is 0 Å². The molecule has 0 amide bonds. The van der Waals surface area contributed by atoms with Crippen molar-refractivity contribution in [3.8, 4) is 0 Å². The molecule has 1 aromatic heterocycles. The zero-order valence-corrected chi connectivity index (χ0v) is 8.39. The summed E-state index contributed by atoms with van der Waals surface area (Å²) in [5.41, 5.74) is 8.07. The van der Waals surface area contributed by atoms with Crippen LogP contribution in [0.1, 0.15) is 18.4 Å². The minimum Gasteiger partial charge on any atom is -0.361 e. The van der Waals surface area contributed by atoms with E-state index in [4.69, 9.17) is 5.73 Å². The molecule has 1 fully saturated rings. The van der Waals surface area contributed by atoms with E-state index in [0.717, 1.165) is 23.7 Å². The van der Waals surface area contributed by atoms with Gasteiger partial charge in [-0.1, -0.05) is 0 Å². The second-order valence-electron chi connectivity index (χ2n) is 4.38. The van der Waals surface area contributed by atoms with Crippen LogP contribution in [0.15, 0.2) is 24.4 Å². The highest BCUT2D eigenvalue weighted by Crippen LogP contribution is 2.49. The van der Waals surface area contributed by atoms with Gasteiger partial charge < -0.3 is 10.7 Å². The minimum absolute atomic E-state index is 0.163. The molecule has 0 atom stereocenters. The molecule has 0 aliphatic heterocycles. The number of H-pyrrole nitrogens is 1. The van der Waals surface area contributed by atoms with Crippen molar-refractivity contribution in [3.05, 3.63) is 35.8 Å². The number of nitrogens with one attached hydrogen (secondary N) is 1. The van der Waals surface area contributed by atoms with Gasteiger partial charge in [-0.25, -0.2) is 4.39 Å². The fourth-order valence-electron chi connectivity index (χ4n) is 2.27. The Hall–Kier alpha value is -1.35. The molecule has 0 unspecified atom stereocenters. The normalized spacial score (nSPS) is 18.3. The predicted octanol–water partition coefficient (Wildman–Crippen LogP) is 2.30. The van der Waals surface area contributed by atoms with Gasteiger partial charge in [-0.3, -0.25) is 0 Å². The summed E-state index contributed by atoms with van der Waals surface area (Å²) in [5.74, 6) is -0.200. The van der Waals surface area contributed by atoms with Crippen LogP contribution in [0.2, 0.25) is 0 Å². The number of benzene rings is 1. The Labute approximate surface area is 87.3 Å². The molecule has 0 radical (unpaired) electrons. The number of aromatic nitrogens is 1. The van der Waals surface area contributed by atoms with Gasteiger partial charge in [0.25, 0.3) is 0 Å². The maximum absolute atomic E-state index is 13.0. The van der Waals surface area contributed by atoms with E-state index in [1.807, 2.05) is 12.3 Å². The largest absolute Gasteiger partial charge is 0.361 e. The highest BCUT2D eigenvalue weighted by atomic mass is 19.1. The van der Waals surface area contributed by atoms with Crippen molar-refractivity contribution < 1.29 is 4.39 Å². The van der Waals surface area contributed by atoms with E-state index in [0.29, 0.717) is 6.54 Å². The van der Waals surface area contributed by atoms with Crippen LogP contribution >= 0.6 is 0 Å². The Kier molecular flexibility index (Phi) is 1.68. The molecule has 1 aromatic carbocycles. The summed E-state index contributed by atoms with van der Waals surface area (Å²) in [6.45, 7) is 0.678. The molecule has 3 rings (SSSR count).